The summed E-state index contributed by atoms with van der Waals surface area (Å²) in [5, 5.41) is 14.2. The van der Waals surface area contributed by atoms with E-state index < -0.39 is 0 Å². The van der Waals surface area contributed by atoms with Gasteiger partial charge in [-0.1, -0.05) is 18.2 Å². The molecule has 0 spiro atoms. The van der Waals surface area contributed by atoms with Crippen LogP contribution in [-0.4, -0.2) is 22.2 Å². The van der Waals surface area contributed by atoms with Gasteiger partial charge in [0.2, 0.25) is 0 Å². The van der Waals surface area contributed by atoms with Gasteiger partial charge in [0.1, 0.15) is 5.82 Å². The number of nitrogens with one attached hydrogen (secondary N) is 1. The molecule has 3 nitrogen and oxygen atoms in total. The van der Waals surface area contributed by atoms with E-state index in [2.05, 4.69) is 22.4 Å². The molecule has 1 fully saturated rings. The zero-order valence-corrected chi connectivity index (χ0v) is 9.63. The molecule has 1 aromatic heterocycles. The Hall–Kier alpha value is -1.61. The van der Waals surface area contributed by atoms with E-state index in [9.17, 15) is 5.11 Å². The van der Waals surface area contributed by atoms with Crippen LogP contribution in [0.25, 0.3) is 10.9 Å². The van der Waals surface area contributed by atoms with Crippen LogP contribution in [-0.2, 0) is 0 Å². The summed E-state index contributed by atoms with van der Waals surface area (Å²) < 4.78 is 0. The van der Waals surface area contributed by atoms with Crippen LogP contribution in [0.5, 0.6) is 0 Å². The molecule has 0 aliphatic heterocycles. The summed E-state index contributed by atoms with van der Waals surface area (Å²) in [4.78, 5) is 4.55. The molecular formula is C14H16N2O. The van der Waals surface area contributed by atoms with Gasteiger partial charge in [0, 0.05) is 5.39 Å². The largest absolute Gasteiger partial charge is 0.391 e. The molecule has 17 heavy (non-hydrogen) atoms. The summed E-state index contributed by atoms with van der Waals surface area (Å²) in [6.07, 6.45) is 2.77. The second kappa shape index (κ2) is 4.34. The Morgan fingerprint density at radius 1 is 1.12 bits per heavy atom. The highest BCUT2D eigenvalue weighted by Crippen LogP contribution is 2.23. The summed E-state index contributed by atoms with van der Waals surface area (Å²) in [6, 6.07) is 12.3. The third-order valence-electron chi connectivity index (χ3n) is 3.41. The first-order valence-electron chi connectivity index (χ1n) is 6.13. The third kappa shape index (κ3) is 2.11. The number of nitrogens with zero attached hydrogens (tertiary/aromatic N) is 1. The van der Waals surface area contributed by atoms with E-state index in [1.165, 1.54) is 0 Å². The number of para-hydroxylation sites is 1. The van der Waals surface area contributed by atoms with Crippen molar-refractivity contribution >= 4 is 16.7 Å². The number of hydrogen-bond acceptors (Lipinski definition) is 3. The molecule has 2 aromatic rings. The smallest absolute Gasteiger partial charge is 0.126 e. The molecular weight excluding hydrogens is 212 g/mol. The molecule has 0 bridgehead atoms. The maximum Gasteiger partial charge on any atom is 0.126 e. The minimum Gasteiger partial charge on any atom is -0.391 e. The fourth-order valence-electron chi connectivity index (χ4n) is 2.45. The number of anilines is 1. The van der Waals surface area contributed by atoms with Gasteiger partial charge in [0.25, 0.3) is 0 Å². The average Bonchev–Trinajstić information content (AvgIpc) is 2.75. The minimum atomic E-state index is -0.233. The number of benzene rings is 1. The molecule has 1 aromatic carbocycles. The topological polar surface area (TPSA) is 45.1 Å². The standard InChI is InChI=1S/C14H16N2O/c17-13-7-3-6-12(13)16-14-9-8-10-4-1-2-5-11(10)15-14/h1-2,4-5,8-9,12-13,17H,3,6-7H2,(H,15,16)/t12-,13+/m1/s1. The number of aromatic nitrogens is 1. The summed E-state index contributed by atoms with van der Waals surface area (Å²) in [5.41, 5.74) is 0.991. The number of aliphatic hydroxyl groups is 1. The monoisotopic (exact) mass is 228 g/mol. The summed E-state index contributed by atoms with van der Waals surface area (Å²) in [6.45, 7) is 0. The Labute approximate surface area is 100 Å². The van der Waals surface area contributed by atoms with Crippen molar-refractivity contribution in [3.63, 3.8) is 0 Å². The van der Waals surface area contributed by atoms with Crippen LogP contribution in [0.4, 0.5) is 5.82 Å². The Morgan fingerprint density at radius 3 is 2.82 bits per heavy atom. The maximum atomic E-state index is 9.77. The fraction of sp³-hybridized carbons (Fsp3) is 0.357. The number of fused-ring (bicyclic) bond motifs is 1. The van der Waals surface area contributed by atoms with Crippen LogP contribution in [0, 0.1) is 0 Å². The first-order valence-corrected chi connectivity index (χ1v) is 6.13. The van der Waals surface area contributed by atoms with Gasteiger partial charge < -0.3 is 10.4 Å². The predicted octanol–water partition coefficient (Wildman–Crippen LogP) is 2.56. The van der Waals surface area contributed by atoms with Crippen molar-refractivity contribution in [2.75, 3.05) is 5.32 Å². The second-order valence-corrected chi connectivity index (χ2v) is 4.64. The van der Waals surface area contributed by atoms with Crippen molar-refractivity contribution in [2.24, 2.45) is 0 Å². The van der Waals surface area contributed by atoms with Gasteiger partial charge >= 0.3 is 0 Å². The quantitative estimate of drug-likeness (QED) is 0.830. The highest BCUT2D eigenvalue weighted by atomic mass is 16.3. The lowest BCUT2D eigenvalue weighted by Crippen LogP contribution is -2.28. The van der Waals surface area contributed by atoms with Crippen LogP contribution in [0.1, 0.15) is 19.3 Å². The van der Waals surface area contributed by atoms with Gasteiger partial charge in [-0.2, -0.15) is 0 Å². The third-order valence-corrected chi connectivity index (χ3v) is 3.41. The SMILES string of the molecule is O[C@H]1CCC[C@H]1Nc1ccc2ccccc2n1. The molecule has 1 aliphatic carbocycles. The van der Waals surface area contributed by atoms with Gasteiger partial charge in [-0.3, -0.25) is 0 Å². The van der Waals surface area contributed by atoms with E-state index in [0.717, 1.165) is 36.0 Å². The van der Waals surface area contributed by atoms with Crippen LogP contribution < -0.4 is 5.32 Å². The van der Waals surface area contributed by atoms with Gasteiger partial charge in [-0.15, -0.1) is 0 Å². The lowest BCUT2D eigenvalue weighted by molar-refractivity contribution is 0.171. The zero-order chi connectivity index (χ0) is 11.7. The first kappa shape index (κ1) is 10.5. The molecule has 0 saturated heterocycles. The molecule has 3 rings (SSSR count). The van der Waals surface area contributed by atoms with Gasteiger partial charge in [-0.25, -0.2) is 4.98 Å². The number of hydrogen-bond donors (Lipinski definition) is 2. The Balaban J connectivity index is 1.85. The highest BCUT2D eigenvalue weighted by molar-refractivity contribution is 5.80. The zero-order valence-electron chi connectivity index (χ0n) is 9.63. The van der Waals surface area contributed by atoms with Crippen molar-refractivity contribution in [1.82, 2.24) is 4.98 Å². The van der Waals surface area contributed by atoms with E-state index in [-0.39, 0.29) is 12.1 Å². The molecule has 88 valence electrons. The molecule has 1 aliphatic rings. The van der Waals surface area contributed by atoms with Gasteiger partial charge in [0.05, 0.1) is 17.7 Å². The van der Waals surface area contributed by atoms with E-state index in [1.54, 1.807) is 0 Å². The van der Waals surface area contributed by atoms with E-state index in [4.69, 9.17) is 0 Å². The van der Waals surface area contributed by atoms with E-state index in [1.807, 2.05) is 24.3 Å². The normalized spacial score (nSPS) is 24.1. The fourth-order valence-corrected chi connectivity index (χ4v) is 2.45. The molecule has 0 unspecified atom stereocenters. The minimum absolute atomic E-state index is 0.156. The van der Waals surface area contributed by atoms with Crippen LogP contribution in [0.15, 0.2) is 36.4 Å². The summed E-state index contributed by atoms with van der Waals surface area (Å²) in [5.74, 6) is 0.856. The Morgan fingerprint density at radius 2 is 2.00 bits per heavy atom. The van der Waals surface area contributed by atoms with Crippen molar-refractivity contribution in [3.8, 4) is 0 Å². The van der Waals surface area contributed by atoms with E-state index in [0.29, 0.717) is 0 Å². The number of rotatable bonds is 2. The van der Waals surface area contributed by atoms with Crippen molar-refractivity contribution in [1.29, 1.82) is 0 Å². The van der Waals surface area contributed by atoms with E-state index >= 15 is 0 Å². The molecule has 0 amide bonds. The van der Waals surface area contributed by atoms with Crippen molar-refractivity contribution < 1.29 is 5.11 Å². The molecule has 2 N–H and O–H groups in total. The van der Waals surface area contributed by atoms with Gasteiger partial charge in [-0.05, 0) is 37.5 Å². The maximum absolute atomic E-state index is 9.77. The van der Waals surface area contributed by atoms with Crippen LogP contribution >= 0.6 is 0 Å². The van der Waals surface area contributed by atoms with Gasteiger partial charge in [0.15, 0.2) is 0 Å². The van der Waals surface area contributed by atoms with Crippen LogP contribution in [0.2, 0.25) is 0 Å². The van der Waals surface area contributed by atoms with Crippen molar-refractivity contribution in [2.45, 2.75) is 31.4 Å². The number of pyridine rings is 1. The first-order chi connectivity index (χ1) is 8.33. The second-order valence-electron chi connectivity index (χ2n) is 4.64. The average molecular weight is 228 g/mol. The lowest BCUT2D eigenvalue weighted by atomic mass is 10.2. The van der Waals surface area contributed by atoms with Crippen molar-refractivity contribution in [3.05, 3.63) is 36.4 Å². The predicted molar refractivity (Wildman–Crippen MR) is 69.0 cm³/mol. The Kier molecular flexibility index (Phi) is 2.69. The summed E-state index contributed by atoms with van der Waals surface area (Å²) >= 11 is 0. The molecule has 1 heterocycles. The lowest BCUT2D eigenvalue weighted by Gasteiger charge is -2.17. The molecule has 0 radical (unpaired) electrons. The molecule has 1 saturated carbocycles. The molecule has 3 heteroatoms. The number of aliphatic hydroxyl groups excluding tert-OH is 1. The van der Waals surface area contributed by atoms with Crippen LogP contribution in [0.3, 0.4) is 0 Å². The molecule has 2 atom stereocenters. The summed E-state index contributed by atoms with van der Waals surface area (Å²) in [7, 11) is 0. The highest BCUT2D eigenvalue weighted by Gasteiger charge is 2.25. The Bertz CT molecular complexity index is 526.